The average molecular weight is 212 g/mol. The molecule has 0 spiro atoms. The van der Waals surface area contributed by atoms with Gasteiger partial charge in [-0.15, -0.1) is 0 Å². The van der Waals surface area contributed by atoms with Crippen molar-refractivity contribution in [3.63, 3.8) is 0 Å². The van der Waals surface area contributed by atoms with Crippen LogP contribution in [0.25, 0.3) is 0 Å². The molecule has 1 aromatic rings. The van der Waals surface area contributed by atoms with Crippen LogP contribution >= 0.6 is 0 Å². The summed E-state index contributed by atoms with van der Waals surface area (Å²) < 4.78 is 18.7. The Labute approximate surface area is 89.7 Å². The van der Waals surface area contributed by atoms with Crippen molar-refractivity contribution in [2.75, 3.05) is 7.11 Å². The third-order valence-corrected chi connectivity index (χ3v) is 2.13. The minimum absolute atomic E-state index is 0.238. The number of aliphatic hydroxyl groups is 1. The molecular weight excluding hydrogens is 195 g/mol. The van der Waals surface area contributed by atoms with Gasteiger partial charge in [-0.2, -0.15) is 0 Å². The van der Waals surface area contributed by atoms with Gasteiger partial charge in [0.1, 0.15) is 11.6 Å². The molecule has 0 amide bonds. The van der Waals surface area contributed by atoms with E-state index in [0.29, 0.717) is 11.3 Å². The summed E-state index contributed by atoms with van der Waals surface area (Å²) in [5.41, 5.74) is 0.295. The fraction of sp³-hybridized carbons (Fsp3) is 0.500. The molecule has 1 aromatic carbocycles. The Bertz CT molecular complexity index is 353. The Balaban J connectivity index is 3.15. The van der Waals surface area contributed by atoms with E-state index >= 15 is 0 Å². The molecule has 3 heteroatoms. The molecule has 84 valence electrons. The van der Waals surface area contributed by atoms with Crippen molar-refractivity contribution in [1.82, 2.24) is 0 Å². The number of methoxy groups -OCH3 is 1. The number of ether oxygens (including phenoxy) is 1. The molecule has 1 rings (SSSR count). The van der Waals surface area contributed by atoms with Crippen LogP contribution in [0.2, 0.25) is 0 Å². The summed E-state index contributed by atoms with van der Waals surface area (Å²) >= 11 is 0. The van der Waals surface area contributed by atoms with E-state index in [2.05, 4.69) is 0 Å². The Kier molecular flexibility index (Phi) is 3.35. The first-order valence-corrected chi connectivity index (χ1v) is 4.89. The summed E-state index contributed by atoms with van der Waals surface area (Å²) in [7, 11) is 1.50. The molecule has 2 nitrogen and oxygen atoms in total. The first-order chi connectivity index (χ1) is 6.83. The molecule has 1 N–H and O–H groups in total. The quantitative estimate of drug-likeness (QED) is 0.834. The Morgan fingerprint density at radius 1 is 1.40 bits per heavy atom. The van der Waals surface area contributed by atoms with Gasteiger partial charge in [-0.3, -0.25) is 0 Å². The topological polar surface area (TPSA) is 29.5 Å². The molecule has 0 saturated carbocycles. The lowest BCUT2D eigenvalue weighted by molar-refractivity contribution is 0.0792. The van der Waals surface area contributed by atoms with E-state index < -0.39 is 5.60 Å². The van der Waals surface area contributed by atoms with Crippen LogP contribution < -0.4 is 4.74 Å². The summed E-state index contributed by atoms with van der Waals surface area (Å²) in [5.74, 6) is 0.170. The second-order valence-corrected chi connectivity index (χ2v) is 4.42. The maximum Gasteiger partial charge on any atom is 0.130 e. The van der Waals surface area contributed by atoms with Crippen molar-refractivity contribution in [3.8, 4) is 5.75 Å². The van der Waals surface area contributed by atoms with Gasteiger partial charge in [0.2, 0.25) is 0 Å². The molecule has 0 unspecified atom stereocenters. The third-order valence-electron chi connectivity index (χ3n) is 2.13. The maximum atomic E-state index is 13.6. The molecular formula is C12H17FO2. The molecule has 0 aromatic heterocycles. The van der Waals surface area contributed by atoms with Crippen LogP contribution in [0.15, 0.2) is 12.1 Å². The van der Waals surface area contributed by atoms with Gasteiger partial charge in [0.05, 0.1) is 12.7 Å². The van der Waals surface area contributed by atoms with Crippen molar-refractivity contribution >= 4 is 0 Å². The van der Waals surface area contributed by atoms with E-state index in [0.717, 1.165) is 5.56 Å². The molecule has 0 saturated heterocycles. The van der Waals surface area contributed by atoms with Crippen LogP contribution in [0.1, 0.15) is 25.0 Å². The van der Waals surface area contributed by atoms with E-state index in [4.69, 9.17) is 4.74 Å². The maximum absolute atomic E-state index is 13.6. The summed E-state index contributed by atoms with van der Waals surface area (Å²) in [6.07, 6.45) is 0.238. The molecule has 0 aliphatic carbocycles. The van der Waals surface area contributed by atoms with Gasteiger partial charge >= 0.3 is 0 Å². The summed E-state index contributed by atoms with van der Waals surface area (Å²) in [6, 6.07) is 3.22. The average Bonchev–Trinajstić information content (AvgIpc) is 2.07. The van der Waals surface area contributed by atoms with Crippen molar-refractivity contribution < 1.29 is 14.2 Å². The Morgan fingerprint density at radius 2 is 2.00 bits per heavy atom. The first-order valence-electron chi connectivity index (χ1n) is 4.89. The van der Waals surface area contributed by atoms with Gasteiger partial charge in [-0.1, -0.05) is 0 Å². The van der Waals surface area contributed by atoms with E-state index in [1.165, 1.54) is 13.2 Å². The van der Waals surface area contributed by atoms with Crippen LogP contribution in [0.4, 0.5) is 4.39 Å². The highest BCUT2D eigenvalue weighted by Crippen LogP contribution is 2.27. The van der Waals surface area contributed by atoms with Gasteiger partial charge in [0, 0.05) is 12.0 Å². The lowest BCUT2D eigenvalue weighted by Crippen LogP contribution is -2.23. The van der Waals surface area contributed by atoms with Crippen molar-refractivity contribution in [2.45, 2.75) is 32.8 Å². The fourth-order valence-corrected chi connectivity index (χ4v) is 1.53. The van der Waals surface area contributed by atoms with E-state index in [1.807, 2.05) is 0 Å². The van der Waals surface area contributed by atoms with Crippen LogP contribution in [-0.2, 0) is 6.42 Å². The first kappa shape index (κ1) is 12.0. The van der Waals surface area contributed by atoms with Gasteiger partial charge in [-0.25, -0.2) is 4.39 Å². The van der Waals surface area contributed by atoms with E-state index in [-0.39, 0.29) is 12.2 Å². The Hall–Kier alpha value is -1.09. The predicted octanol–water partition coefficient (Wildman–Crippen LogP) is 2.46. The monoisotopic (exact) mass is 212 g/mol. The molecule has 0 aliphatic rings. The second-order valence-electron chi connectivity index (χ2n) is 4.42. The largest absolute Gasteiger partial charge is 0.496 e. The lowest BCUT2D eigenvalue weighted by atomic mass is 9.96. The van der Waals surface area contributed by atoms with Gasteiger partial charge in [-0.05, 0) is 38.5 Å². The fourth-order valence-electron chi connectivity index (χ4n) is 1.53. The van der Waals surface area contributed by atoms with Crippen LogP contribution in [0, 0.1) is 12.7 Å². The van der Waals surface area contributed by atoms with Crippen LogP contribution in [-0.4, -0.2) is 17.8 Å². The van der Waals surface area contributed by atoms with E-state index in [9.17, 15) is 9.50 Å². The highest BCUT2D eigenvalue weighted by Gasteiger charge is 2.20. The number of rotatable bonds is 3. The molecule has 0 fully saturated rings. The third kappa shape index (κ3) is 3.20. The normalized spacial score (nSPS) is 11.6. The number of benzene rings is 1. The molecule has 0 heterocycles. The second kappa shape index (κ2) is 4.19. The van der Waals surface area contributed by atoms with Crippen LogP contribution in [0.3, 0.4) is 0 Å². The van der Waals surface area contributed by atoms with Crippen molar-refractivity contribution in [1.29, 1.82) is 0 Å². The zero-order valence-electron chi connectivity index (χ0n) is 9.60. The highest BCUT2D eigenvalue weighted by molar-refractivity contribution is 5.39. The minimum Gasteiger partial charge on any atom is -0.496 e. The molecule has 15 heavy (non-hydrogen) atoms. The molecule has 0 radical (unpaired) electrons. The predicted molar refractivity (Wildman–Crippen MR) is 57.7 cm³/mol. The zero-order chi connectivity index (χ0) is 11.6. The van der Waals surface area contributed by atoms with Crippen LogP contribution in [0.5, 0.6) is 5.75 Å². The SMILES string of the molecule is COc1cc(C)cc(F)c1CC(C)(C)O. The number of halogens is 1. The number of hydrogen-bond donors (Lipinski definition) is 1. The molecule has 0 atom stereocenters. The van der Waals surface area contributed by atoms with Crippen molar-refractivity contribution in [3.05, 3.63) is 29.1 Å². The minimum atomic E-state index is -0.941. The summed E-state index contributed by atoms with van der Waals surface area (Å²) in [6.45, 7) is 5.09. The summed E-state index contributed by atoms with van der Waals surface area (Å²) in [5, 5.41) is 9.66. The van der Waals surface area contributed by atoms with Gasteiger partial charge in [0.15, 0.2) is 0 Å². The van der Waals surface area contributed by atoms with Crippen molar-refractivity contribution in [2.24, 2.45) is 0 Å². The van der Waals surface area contributed by atoms with E-state index in [1.54, 1.807) is 26.8 Å². The molecule has 0 bridgehead atoms. The number of hydrogen-bond acceptors (Lipinski definition) is 2. The smallest absolute Gasteiger partial charge is 0.130 e. The van der Waals surface area contributed by atoms with Gasteiger partial charge in [0.25, 0.3) is 0 Å². The Morgan fingerprint density at radius 3 is 2.47 bits per heavy atom. The highest BCUT2D eigenvalue weighted by atomic mass is 19.1. The standard InChI is InChI=1S/C12H17FO2/c1-8-5-10(13)9(7-12(2,3)14)11(6-8)15-4/h5-6,14H,7H2,1-4H3. The summed E-state index contributed by atoms with van der Waals surface area (Å²) in [4.78, 5) is 0. The zero-order valence-corrected chi connectivity index (χ0v) is 9.60. The molecule has 0 aliphatic heterocycles. The van der Waals surface area contributed by atoms with Gasteiger partial charge < -0.3 is 9.84 Å². The number of aryl methyl sites for hydroxylation is 1. The lowest BCUT2D eigenvalue weighted by Gasteiger charge is -2.19.